The van der Waals surface area contributed by atoms with Gasteiger partial charge in [0.05, 0.1) is 33.8 Å². The Kier molecular flexibility index (Phi) is 47.2. The van der Waals surface area contributed by atoms with E-state index in [1.165, 1.54) is 122 Å². The molecule has 0 aromatic heterocycles. The van der Waals surface area contributed by atoms with Gasteiger partial charge in [-0.3, -0.25) is 14.2 Å². The molecule has 400 valence electrons. The lowest BCUT2D eigenvalue weighted by Gasteiger charge is -2.30. The number of carbonyl (C=O) groups is 2. The number of likely N-dealkylation sites (N-methyl/N-ethyl adjacent to an activating group) is 1. The van der Waals surface area contributed by atoms with E-state index in [1.807, 2.05) is 33.3 Å². The highest BCUT2D eigenvalue weighted by Gasteiger charge is 2.27. The van der Waals surface area contributed by atoms with Gasteiger partial charge in [0.15, 0.2) is 0 Å². The van der Waals surface area contributed by atoms with Crippen LogP contribution in [0.4, 0.5) is 0 Å². The second-order valence-electron chi connectivity index (χ2n) is 20.1. The largest absolute Gasteiger partial charge is 0.756 e. The topological polar surface area (TPSA) is 114 Å². The summed E-state index contributed by atoms with van der Waals surface area (Å²) in [6, 6.07) is -0.917. The van der Waals surface area contributed by atoms with Gasteiger partial charge in [0.25, 0.3) is 7.82 Å². The molecule has 0 saturated carbocycles. The van der Waals surface area contributed by atoms with E-state index >= 15 is 0 Å². The number of hydrogen-bond donors (Lipinski definition) is 1. The number of unbranched alkanes of at least 4 members (excludes halogenated alkanes) is 24. The molecule has 3 atom stereocenters. The molecular formula is C59H107N2O7P. The van der Waals surface area contributed by atoms with E-state index in [-0.39, 0.29) is 31.3 Å². The molecule has 69 heavy (non-hydrogen) atoms. The molecule has 0 aromatic carbocycles. The zero-order valence-electron chi connectivity index (χ0n) is 45.5. The third-order valence-corrected chi connectivity index (χ3v) is 13.1. The molecule has 0 spiro atoms. The molecule has 0 rings (SSSR count). The first-order chi connectivity index (χ1) is 33.4. The van der Waals surface area contributed by atoms with Crippen molar-refractivity contribution in [2.75, 3.05) is 40.9 Å². The molecule has 10 heteroatoms. The molecule has 3 unspecified atom stereocenters. The normalized spacial score (nSPS) is 14.4. The SMILES string of the molecule is CC/C=C\C/C=C\C/C=C\C/C=C\C/C=C\CCCC(=O)NC(COP(=O)([O-])OCC[N+](C)(C)C)C(/C=C/CCCCCCCCCCCC)OC(=O)CCCCCCCCCCCCCCCC. The van der Waals surface area contributed by atoms with Crippen LogP contribution in [0.5, 0.6) is 0 Å². The maximum atomic E-state index is 13.4. The summed E-state index contributed by atoms with van der Waals surface area (Å²) < 4.78 is 30.2. The van der Waals surface area contributed by atoms with Crippen LogP contribution in [0, 0.1) is 0 Å². The van der Waals surface area contributed by atoms with Crippen molar-refractivity contribution in [2.24, 2.45) is 0 Å². The fourth-order valence-corrected chi connectivity index (χ4v) is 8.52. The Hall–Kier alpha value is -2.55. The Morgan fingerprint density at radius 3 is 1.41 bits per heavy atom. The summed E-state index contributed by atoms with van der Waals surface area (Å²) >= 11 is 0. The molecule has 0 saturated heterocycles. The number of allylic oxidation sites excluding steroid dienone is 11. The highest BCUT2D eigenvalue weighted by molar-refractivity contribution is 7.45. The van der Waals surface area contributed by atoms with Crippen LogP contribution in [0.25, 0.3) is 0 Å². The maximum absolute atomic E-state index is 13.4. The van der Waals surface area contributed by atoms with Crippen molar-refractivity contribution in [2.45, 2.75) is 251 Å². The van der Waals surface area contributed by atoms with Crippen LogP contribution >= 0.6 is 7.82 Å². The first-order valence-corrected chi connectivity index (χ1v) is 29.7. The zero-order valence-corrected chi connectivity index (χ0v) is 46.4. The number of esters is 1. The number of ether oxygens (including phenoxy) is 1. The van der Waals surface area contributed by atoms with Crippen LogP contribution in [0.1, 0.15) is 239 Å². The van der Waals surface area contributed by atoms with Crippen molar-refractivity contribution < 1.29 is 37.3 Å². The predicted octanol–water partition coefficient (Wildman–Crippen LogP) is 16.3. The average Bonchev–Trinajstić information content (AvgIpc) is 3.31. The Morgan fingerprint density at radius 2 is 0.942 bits per heavy atom. The smallest absolute Gasteiger partial charge is 0.306 e. The number of phosphoric acid groups is 1. The number of hydrogen-bond acceptors (Lipinski definition) is 7. The number of nitrogens with zero attached hydrogens (tertiary/aromatic N) is 1. The lowest BCUT2D eigenvalue weighted by atomic mass is 10.0. The molecule has 0 aliphatic heterocycles. The van der Waals surface area contributed by atoms with Gasteiger partial charge in [-0.2, -0.15) is 0 Å². The Bertz CT molecular complexity index is 1420. The third-order valence-electron chi connectivity index (χ3n) is 12.2. The number of carbonyl (C=O) groups excluding carboxylic acids is 2. The van der Waals surface area contributed by atoms with E-state index in [9.17, 15) is 19.0 Å². The highest BCUT2D eigenvalue weighted by Crippen LogP contribution is 2.38. The standard InChI is InChI=1S/C59H107N2O7P/c1-7-10-13-16-19-22-25-28-30-31-32-33-36-39-42-45-48-51-58(62)60-56(55-67-69(64,65)66-54-53-61(4,5)6)57(50-47-44-41-38-35-27-24-21-18-15-12-9-3)68-59(63)52-49-46-43-40-37-34-29-26-23-20-17-14-11-8-2/h10,13,19,22,28,30,32-33,39,42,47,50,56-57H,7-9,11-12,14-18,20-21,23-27,29,31,34-38,40-41,43-46,48-49,51-55H2,1-6H3,(H-,60,62,64,65)/b13-10-,22-19-,30-28-,33-32-,42-39-,50-47+. The van der Waals surface area contributed by atoms with Crippen LogP contribution < -0.4 is 10.2 Å². The Labute approximate surface area is 425 Å². The van der Waals surface area contributed by atoms with Crippen molar-refractivity contribution in [1.29, 1.82) is 0 Å². The summed E-state index contributed by atoms with van der Waals surface area (Å²) in [5.74, 6) is -0.608. The van der Waals surface area contributed by atoms with E-state index in [1.54, 1.807) is 0 Å². The predicted molar refractivity (Wildman–Crippen MR) is 293 cm³/mol. The lowest BCUT2D eigenvalue weighted by Crippen LogP contribution is -2.47. The van der Waals surface area contributed by atoms with Crippen molar-refractivity contribution in [3.63, 3.8) is 0 Å². The van der Waals surface area contributed by atoms with Gasteiger partial charge in [0, 0.05) is 12.8 Å². The molecule has 0 radical (unpaired) electrons. The van der Waals surface area contributed by atoms with Gasteiger partial charge < -0.3 is 28.5 Å². The summed E-state index contributed by atoms with van der Waals surface area (Å²) in [6.07, 6.45) is 61.6. The Balaban J connectivity index is 5.46. The average molecular weight is 987 g/mol. The monoisotopic (exact) mass is 987 g/mol. The molecule has 0 heterocycles. The number of nitrogens with one attached hydrogen (secondary N) is 1. The van der Waals surface area contributed by atoms with Crippen LogP contribution in [0.3, 0.4) is 0 Å². The number of phosphoric ester groups is 1. The molecule has 1 amide bonds. The second kappa shape index (κ2) is 49.0. The molecule has 1 N–H and O–H groups in total. The first kappa shape index (κ1) is 66.5. The van der Waals surface area contributed by atoms with Crippen molar-refractivity contribution in [3.8, 4) is 0 Å². The van der Waals surface area contributed by atoms with Crippen molar-refractivity contribution in [1.82, 2.24) is 5.32 Å². The lowest BCUT2D eigenvalue weighted by molar-refractivity contribution is -0.870. The van der Waals surface area contributed by atoms with Crippen LogP contribution in [0.15, 0.2) is 72.9 Å². The number of amides is 1. The summed E-state index contributed by atoms with van der Waals surface area (Å²) in [6.45, 7) is 6.68. The summed E-state index contributed by atoms with van der Waals surface area (Å²) in [7, 11) is 1.15. The number of quaternary nitrogens is 1. The second-order valence-corrected chi connectivity index (χ2v) is 21.5. The summed E-state index contributed by atoms with van der Waals surface area (Å²) in [4.78, 5) is 39.8. The molecule has 9 nitrogen and oxygen atoms in total. The van der Waals surface area contributed by atoms with Gasteiger partial charge in [-0.25, -0.2) is 0 Å². The van der Waals surface area contributed by atoms with Crippen LogP contribution in [0.2, 0.25) is 0 Å². The van der Waals surface area contributed by atoms with E-state index in [0.29, 0.717) is 17.4 Å². The van der Waals surface area contributed by atoms with Gasteiger partial charge in [-0.1, -0.05) is 229 Å². The summed E-state index contributed by atoms with van der Waals surface area (Å²) in [5.41, 5.74) is 0. The molecule has 0 aliphatic rings. The fraction of sp³-hybridized carbons (Fsp3) is 0.763. The minimum absolute atomic E-state index is 0.0343. The zero-order chi connectivity index (χ0) is 50.8. The van der Waals surface area contributed by atoms with E-state index in [4.69, 9.17) is 13.8 Å². The van der Waals surface area contributed by atoms with Gasteiger partial charge >= 0.3 is 5.97 Å². The highest BCUT2D eigenvalue weighted by atomic mass is 31.2. The Morgan fingerprint density at radius 1 is 0.522 bits per heavy atom. The molecular weight excluding hydrogens is 880 g/mol. The van der Waals surface area contributed by atoms with E-state index < -0.39 is 26.6 Å². The quantitative estimate of drug-likeness (QED) is 0.0212. The minimum Gasteiger partial charge on any atom is -0.756 e. The molecule has 0 aliphatic carbocycles. The van der Waals surface area contributed by atoms with E-state index in [0.717, 1.165) is 77.0 Å². The van der Waals surface area contributed by atoms with Crippen molar-refractivity contribution >= 4 is 19.7 Å². The van der Waals surface area contributed by atoms with Crippen LogP contribution in [-0.4, -0.2) is 69.4 Å². The summed E-state index contributed by atoms with van der Waals surface area (Å²) in [5, 5.41) is 2.98. The minimum atomic E-state index is -4.71. The van der Waals surface area contributed by atoms with Gasteiger partial charge in [-0.15, -0.1) is 0 Å². The van der Waals surface area contributed by atoms with Gasteiger partial charge in [0.2, 0.25) is 5.91 Å². The maximum Gasteiger partial charge on any atom is 0.306 e. The number of rotatable bonds is 50. The van der Waals surface area contributed by atoms with E-state index in [2.05, 4.69) is 86.8 Å². The third kappa shape index (κ3) is 50.2. The van der Waals surface area contributed by atoms with Crippen LogP contribution in [-0.2, 0) is 27.9 Å². The molecule has 0 bridgehead atoms. The van der Waals surface area contributed by atoms with Gasteiger partial charge in [-0.05, 0) is 70.3 Å². The molecule has 0 fully saturated rings. The van der Waals surface area contributed by atoms with Crippen molar-refractivity contribution in [3.05, 3.63) is 72.9 Å². The fourth-order valence-electron chi connectivity index (χ4n) is 7.79. The van der Waals surface area contributed by atoms with Gasteiger partial charge in [0.1, 0.15) is 19.3 Å². The molecule has 0 aromatic rings. The first-order valence-electron chi connectivity index (χ1n) is 28.2.